The molecule has 1 aliphatic heterocycles. The summed E-state index contributed by atoms with van der Waals surface area (Å²) < 4.78 is 26.7. The van der Waals surface area contributed by atoms with E-state index in [1.54, 1.807) is 4.90 Å². The molecule has 1 aromatic rings. The van der Waals surface area contributed by atoms with Crippen molar-refractivity contribution in [3.05, 3.63) is 28.2 Å². The quantitative estimate of drug-likeness (QED) is 0.876. The van der Waals surface area contributed by atoms with Gasteiger partial charge < -0.3 is 10.2 Å². The van der Waals surface area contributed by atoms with E-state index in [1.165, 1.54) is 22.5 Å². The van der Waals surface area contributed by atoms with Crippen LogP contribution in [0.15, 0.2) is 23.1 Å². The lowest BCUT2D eigenvalue weighted by Crippen LogP contribution is -2.53. The van der Waals surface area contributed by atoms with Gasteiger partial charge >= 0.3 is 6.03 Å². The molecule has 0 bridgehead atoms. The van der Waals surface area contributed by atoms with Crippen LogP contribution in [0.4, 0.5) is 4.79 Å². The topological polar surface area (TPSA) is 69.7 Å². The molecule has 23 heavy (non-hydrogen) atoms. The monoisotopic (exact) mass is 379 g/mol. The standard InChI is InChI=1S/C14H19Cl2N3O3S/c1-10(2)17-14(20)18-5-7-19(8-6-18)23(21,22)13-9-11(15)3-4-12(13)16/h3-4,9-10H,5-8H2,1-2H3,(H,17,20). The molecule has 9 heteroatoms. The van der Waals surface area contributed by atoms with Gasteiger partial charge in [-0.1, -0.05) is 23.2 Å². The third-order valence-corrected chi connectivity index (χ3v) is 6.06. The van der Waals surface area contributed by atoms with Gasteiger partial charge in [-0.25, -0.2) is 13.2 Å². The lowest BCUT2D eigenvalue weighted by Gasteiger charge is -2.34. The number of amides is 2. The molecule has 0 spiro atoms. The van der Waals surface area contributed by atoms with Crippen LogP contribution in [0, 0.1) is 0 Å². The Morgan fingerprint density at radius 1 is 1.17 bits per heavy atom. The number of carbonyl (C=O) groups excluding carboxylic acids is 1. The Morgan fingerprint density at radius 2 is 1.78 bits per heavy atom. The zero-order valence-corrected chi connectivity index (χ0v) is 15.2. The highest BCUT2D eigenvalue weighted by atomic mass is 35.5. The fourth-order valence-electron chi connectivity index (χ4n) is 2.28. The molecule has 6 nitrogen and oxygen atoms in total. The van der Waals surface area contributed by atoms with Gasteiger partial charge in [0.25, 0.3) is 0 Å². The predicted molar refractivity (Wildman–Crippen MR) is 90.5 cm³/mol. The zero-order chi connectivity index (χ0) is 17.2. The summed E-state index contributed by atoms with van der Waals surface area (Å²) in [5.74, 6) is 0. The Balaban J connectivity index is 2.10. The summed E-state index contributed by atoms with van der Waals surface area (Å²) in [7, 11) is -3.73. The molecule has 0 radical (unpaired) electrons. The van der Waals surface area contributed by atoms with Crippen LogP contribution in [0.3, 0.4) is 0 Å². The summed E-state index contributed by atoms with van der Waals surface area (Å²) in [5.41, 5.74) is 0. The minimum atomic E-state index is -3.73. The molecular formula is C14H19Cl2N3O3S. The zero-order valence-electron chi connectivity index (χ0n) is 12.9. The second kappa shape index (κ2) is 7.25. The molecule has 1 aromatic carbocycles. The maximum Gasteiger partial charge on any atom is 0.317 e. The maximum absolute atomic E-state index is 12.7. The Labute approximate surface area is 146 Å². The number of halogens is 2. The summed E-state index contributed by atoms with van der Waals surface area (Å²) in [6.45, 7) is 4.85. The average Bonchev–Trinajstić information content (AvgIpc) is 2.49. The van der Waals surface area contributed by atoms with Gasteiger partial charge in [0.1, 0.15) is 4.90 Å². The number of hydrogen-bond acceptors (Lipinski definition) is 3. The number of carbonyl (C=O) groups is 1. The molecule has 128 valence electrons. The minimum absolute atomic E-state index is 0.00764. The van der Waals surface area contributed by atoms with Crippen molar-refractivity contribution in [1.29, 1.82) is 0 Å². The van der Waals surface area contributed by atoms with Gasteiger partial charge in [-0.3, -0.25) is 0 Å². The van der Waals surface area contributed by atoms with Crippen molar-refractivity contribution in [2.24, 2.45) is 0 Å². The van der Waals surface area contributed by atoms with E-state index in [1.807, 2.05) is 13.8 Å². The van der Waals surface area contributed by atoms with E-state index in [9.17, 15) is 13.2 Å². The Bertz CT molecular complexity index is 687. The Hall–Kier alpha value is -1.02. The van der Waals surface area contributed by atoms with E-state index < -0.39 is 10.0 Å². The SMILES string of the molecule is CC(C)NC(=O)N1CCN(S(=O)(=O)c2cc(Cl)ccc2Cl)CC1. The van der Waals surface area contributed by atoms with E-state index in [-0.39, 0.29) is 35.1 Å². The average molecular weight is 380 g/mol. The Morgan fingerprint density at radius 3 is 2.35 bits per heavy atom. The largest absolute Gasteiger partial charge is 0.336 e. The number of piperazine rings is 1. The van der Waals surface area contributed by atoms with Crippen molar-refractivity contribution < 1.29 is 13.2 Å². The van der Waals surface area contributed by atoms with E-state index in [0.29, 0.717) is 18.1 Å². The van der Waals surface area contributed by atoms with Gasteiger partial charge in [0.05, 0.1) is 5.02 Å². The minimum Gasteiger partial charge on any atom is -0.336 e. The van der Waals surface area contributed by atoms with Crippen LogP contribution in [-0.4, -0.2) is 55.9 Å². The van der Waals surface area contributed by atoms with E-state index in [4.69, 9.17) is 23.2 Å². The fraction of sp³-hybridized carbons (Fsp3) is 0.500. The molecule has 0 saturated carbocycles. The van der Waals surface area contributed by atoms with Gasteiger partial charge in [0, 0.05) is 37.2 Å². The van der Waals surface area contributed by atoms with Crippen molar-refractivity contribution in [3.8, 4) is 0 Å². The van der Waals surface area contributed by atoms with Crippen molar-refractivity contribution in [1.82, 2.24) is 14.5 Å². The smallest absolute Gasteiger partial charge is 0.317 e. The summed E-state index contributed by atoms with van der Waals surface area (Å²) >= 11 is 11.9. The lowest BCUT2D eigenvalue weighted by atomic mass is 10.3. The van der Waals surface area contributed by atoms with Crippen molar-refractivity contribution in [2.45, 2.75) is 24.8 Å². The van der Waals surface area contributed by atoms with Crippen LogP contribution in [0.5, 0.6) is 0 Å². The van der Waals surface area contributed by atoms with E-state index in [0.717, 1.165) is 0 Å². The maximum atomic E-state index is 12.7. The molecule has 1 aliphatic rings. The molecular weight excluding hydrogens is 361 g/mol. The first kappa shape index (κ1) is 18.3. The van der Waals surface area contributed by atoms with Crippen molar-refractivity contribution >= 4 is 39.3 Å². The van der Waals surface area contributed by atoms with Crippen LogP contribution < -0.4 is 5.32 Å². The molecule has 1 heterocycles. The molecule has 2 rings (SSSR count). The number of urea groups is 1. The Kier molecular flexibility index (Phi) is 5.78. The molecule has 1 fully saturated rings. The number of rotatable bonds is 3. The van der Waals surface area contributed by atoms with Gasteiger partial charge in [-0.05, 0) is 32.0 Å². The number of nitrogens with one attached hydrogen (secondary N) is 1. The van der Waals surface area contributed by atoms with Crippen LogP contribution >= 0.6 is 23.2 Å². The number of benzene rings is 1. The molecule has 2 amide bonds. The highest BCUT2D eigenvalue weighted by Gasteiger charge is 2.31. The van der Waals surface area contributed by atoms with Gasteiger partial charge in [-0.2, -0.15) is 4.31 Å². The summed E-state index contributed by atoms with van der Waals surface area (Å²) in [4.78, 5) is 13.5. The second-order valence-electron chi connectivity index (χ2n) is 5.57. The molecule has 0 unspecified atom stereocenters. The molecule has 0 aliphatic carbocycles. The van der Waals surface area contributed by atoms with Crippen LogP contribution in [-0.2, 0) is 10.0 Å². The highest BCUT2D eigenvalue weighted by molar-refractivity contribution is 7.89. The van der Waals surface area contributed by atoms with Crippen molar-refractivity contribution in [3.63, 3.8) is 0 Å². The molecule has 1 saturated heterocycles. The summed E-state index contributed by atoms with van der Waals surface area (Å²) in [6.07, 6.45) is 0. The first-order chi connectivity index (χ1) is 10.7. The van der Waals surface area contributed by atoms with Gasteiger partial charge in [0.15, 0.2) is 0 Å². The predicted octanol–water partition coefficient (Wildman–Crippen LogP) is 2.42. The molecule has 0 atom stereocenters. The second-order valence-corrected chi connectivity index (χ2v) is 8.32. The third kappa shape index (κ3) is 4.29. The summed E-state index contributed by atoms with van der Waals surface area (Å²) in [5, 5.41) is 3.24. The van der Waals surface area contributed by atoms with Crippen LogP contribution in [0.25, 0.3) is 0 Å². The van der Waals surface area contributed by atoms with E-state index >= 15 is 0 Å². The highest BCUT2D eigenvalue weighted by Crippen LogP contribution is 2.28. The third-order valence-electron chi connectivity index (χ3n) is 3.45. The van der Waals surface area contributed by atoms with E-state index in [2.05, 4.69) is 5.32 Å². The lowest BCUT2D eigenvalue weighted by molar-refractivity contribution is 0.170. The fourth-order valence-corrected chi connectivity index (χ4v) is 4.44. The number of nitrogens with zero attached hydrogens (tertiary/aromatic N) is 2. The van der Waals surface area contributed by atoms with Gasteiger partial charge in [0.2, 0.25) is 10.0 Å². The molecule has 1 N–H and O–H groups in total. The number of hydrogen-bond donors (Lipinski definition) is 1. The number of sulfonamides is 1. The van der Waals surface area contributed by atoms with Crippen LogP contribution in [0.2, 0.25) is 10.0 Å². The first-order valence-corrected chi connectivity index (χ1v) is 9.42. The first-order valence-electron chi connectivity index (χ1n) is 7.22. The van der Waals surface area contributed by atoms with Crippen LogP contribution in [0.1, 0.15) is 13.8 Å². The van der Waals surface area contributed by atoms with Crippen molar-refractivity contribution in [2.75, 3.05) is 26.2 Å². The summed E-state index contributed by atoms with van der Waals surface area (Å²) in [6, 6.07) is 4.20. The normalized spacial score (nSPS) is 16.7. The van der Waals surface area contributed by atoms with Gasteiger partial charge in [-0.15, -0.1) is 0 Å². The molecule has 0 aromatic heterocycles.